The van der Waals surface area contributed by atoms with Gasteiger partial charge in [0.05, 0.1) is 17.6 Å². The maximum Gasteiger partial charge on any atom is 0.490 e. The van der Waals surface area contributed by atoms with Crippen molar-refractivity contribution in [3.05, 3.63) is 30.3 Å². The van der Waals surface area contributed by atoms with Crippen molar-refractivity contribution < 1.29 is 36.2 Å². The number of carbonyl (C=O) groups is 1. The summed E-state index contributed by atoms with van der Waals surface area (Å²) < 4.78 is 64.3. The van der Waals surface area contributed by atoms with Crippen molar-refractivity contribution in [3.63, 3.8) is 0 Å². The van der Waals surface area contributed by atoms with E-state index in [0.29, 0.717) is 24.6 Å². The molecule has 3 rings (SSSR count). The molecule has 0 aromatic heterocycles. The zero-order valence-corrected chi connectivity index (χ0v) is 15.4. The number of halogens is 3. The Morgan fingerprint density at radius 1 is 1.19 bits per heavy atom. The van der Waals surface area contributed by atoms with Crippen LogP contribution in [-0.2, 0) is 19.6 Å². The Morgan fingerprint density at radius 2 is 1.78 bits per heavy atom. The molecule has 1 aromatic carbocycles. The van der Waals surface area contributed by atoms with Crippen molar-refractivity contribution in [1.29, 1.82) is 0 Å². The molecule has 0 radical (unpaired) electrons. The van der Waals surface area contributed by atoms with E-state index in [1.54, 1.807) is 28.6 Å². The molecule has 7 nitrogen and oxygen atoms in total. The summed E-state index contributed by atoms with van der Waals surface area (Å²) in [4.78, 5) is 11.5. The monoisotopic (exact) mass is 410 g/mol. The van der Waals surface area contributed by atoms with Gasteiger partial charge in [0.2, 0.25) is 10.0 Å². The molecule has 0 amide bonds. The fourth-order valence-corrected chi connectivity index (χ4v) is 4.49. The van der Waals surface area contributed by atoms with Gasteiger partial charge in [0.1, 0.15) is 0 Å². The zero-order chi connectivity index (χ0) is 20.2. The highest BCUT2D eigenvalue weighted by Gasteiger charge is 2.41. The minimum Gasteiger partial charge on any atom is -0.475 e. The quantitative estimate of drug-likeness (QED) is 0.790. The summed E-state index contributed by atoms with van der Waals surface area (Å²) in [6, 6.07) is 8.63. The minimum absolute atomic E-state index is 0.0263. The number of benzene rings is 1. The molecule has 2 aliphatic rings. The Hall–Kier alpha value is -1.69. The van der Waals surface area contributed by atoms with Crippen LogP contribution in [0.5, 0.6) is 0 Å². The fourth-order valence-electron chi connectivity index (χ4n) is 2.96. The van der Waals surface area contributed by atoms with Crippen LogP contribution >= 0.6 is 0 Å². The van der Waals surface area contributed by atoms with Gasteiger partial charge in [-0.25, -0.2) is 13.2 Å². The first-order valence-corrected chi connectivity index (χ1v) is 9.61. The molecule has 11 heteroatoms. The van der Waals surface area contributed by atoms with Gasteiger partial charge in [-0.1, -0.05) is 18.2 Å². The van der Waals surface area contributed by atoms with E-state index in [4.69, 9.17) is 14.6 Å². The number of hydrogen-bond donors (Lipinski definition) is 1. The second kappa shape index (κ2) is 8.55. The van der Waals surface area contributed by atoms with E-state index in [-0.39, 0.29) is 12.0 Å². The van der Waals surface area contributed by atoms with Gasteiger partial charge in [0.25, 0.3) is 0 Å². The highest BCUT2D eigenvalue weighted by Crippen LogP contribution is 2.28. The number of alkyl halides is 3. The molecule has 0 bridgehead atoms. The van der Waals surface area contributed by atoms with E-state index in [1.165, 1.54) is 0 Å². The molecule has 0 spiro atoms. The normalized spacial score (nSPS) is 24.4. The summed E-state index contributed by atoms with van der Waals surface area (Å²) in [6.07, 6.45) is -5.06. The Bertz CT molecular complexity index is 742. The van der Waals surface area contributed by atoms with Crippen molar-refractivity contribution in [3.8, 4) is 0 Å². The highest BCUT2D eigenvalue weighted by atomic mass is 32.2. The number of carboxylic acids is 1. The molecule has 2 heterocycles. The molecule has 152 valence electrons. The molecule has 2 atom stereocenters. The molecule has 2 fully saturated rings. The van der Waals surface area contributed by atoms with Gasteiger partial charge >= 0.3 is 12.1 Å². The first kappa shape index (κ1) is 21.6. The van der Waals surface area contributed by atoms with Crippen molar-refractivity contribution in [2.75, 3.05) is 39.8 Å². The van der Waals surface area contributed by atoms with Crippen LogP contribution in [0.2, 0.25) is 0 Å². The average Bonchev–Trinajstić information content (AvgIpc) is 2.91. The number of carboxylic acid groups (broad SMARTS) is 1. The molecule has 0 unspecified atom stereocenters. The van der Waals surface area contributed by atoms with E-state index >= 15 is 0 Å². The fraction of sp³-hybridized carbons (Fsp3) is 0.562. The summed E-state index contributed by atoms with van der Waals surface area (Å²) in [5, 5.41) is 7.12. The van der Waals surface area contributed by atoms with E-state index in [1.807, 2.05) is 6.07 Å². The Kier molecular flexibility index (Phi) is 6.84. The molecular formula is C16H21F3N2O5S. The van der Waals surface area contributed by atoms with E-state index in [2.05, 4.69) is 11.9 Å². The lowest BCUT2D eigenvalue weighted by Gasteiger charge is -2.19. The van der Waals surface area contributed by atoms with Gasteiger partial charge < -0.3 is 14.7 Å². The second-order valence-electron chi connectivity index (χ2n) is 6.37. The first-order valence-electron chi connectivity index (χ1n) is 8.17. The number of ether oxygens (including phenoxy) is 1. The van der Waals surface area contributed by atoms with Crippen molar-refractivity contribution in [1.82, 2.24) is 9.21 Å². The summed E-state index contributed by atoms with van der Waals surface area (Å²) in [5.74, 6) is -2.49. The number of fused-ring (bicyclic) bond motifs is 1. The largest absolute Gasteiger partial charge is 0.490 e. The molecule has 0 saturated carbocycles. The van der Waals surface area contributed by atoms with E-state index in [0.717, 1.165) is 13.1 Å². The second-order valence-corrected chi connectivity index (χ2v) is 8.31. The smallest absolute Gasteiger partial charge is 0.475 e. The molecule has 2 saturated heterocycles. The lowest BCUT2D eigenvalue weighted by atomic mass is 10.1. The van der Waals surface area contributed by atoms with Crippen LogP contribution in [0.4, 0.5) is 13.2 Å². The number of sulfonamides is 1. The van der Waals surface area contributed by atoms with Gasteiger partial charge in [0.15, 0.2) is 0 Å². The van der Waals surface area contributed by atoms with Crippen LogP contribution in [0.25, 0.3) is 0 Å². The summed E-state index contributed by atoms with van der Waals surface area (Å²) in [6.45, 7) is 3.50. The maximum atomic E-state index is 12.6. The summed E-state index contributed by atoms with van der Waals surface area (Å²) >= 11 is 0. The van der Waals surface area contributed by atoms with Crippen LogP contribution < -0.4 is 0 Å². The SMILES string of the molecule is CN1CCO[C@@H]2CN(S(=O)(=O)c3ccccc3)C[C@@H]2C1.O=C(O)C(F)(F)F. The van der Waals surface area contributed by atoms with Crippen molar-refractivity contribution in [2.24, 2.45) is 5.92 Å². The van der Waals surface area contributed by atoms with Crippen LogP contribution in [0.3, 0.4) is 0 Å². The van der Waals surface area contributed by atoms with Crippen molar-refractivity contribution in [2.45, 2.75) is 17.2 Å². The molecule has 2 aliphatic heterocycles. The van der Waals surface area contributed by atoms with Gasteiger partial charge in [-0.3, -0.25) is 0 Å². The maximum absolute atomic E-state index is 12.6. The molecule has 27 heavy (non-hydrogen) atoms. The number of hydrogen-bond acceptors (Lipinski definition) is 5. The predicted molar refractivity (Wildman–Crippen MR) is 89.6 cm³/mol. The third-order valence-electron chi connectivity index (χ3n) is 4.32. The third-order valence-corrected chi connectivity index (χ3v) is 6.17. The number of aliphatic carboxylic acids is 1. The van der Waals surface area contributed by atoms with Crippen LogP contribution in [-0.4, -0.2) is 80.8 Å². The van der Waals surface area contributed by atoms with Gasteiger partial charge in [0, 0.05) is 32.1 Å². The highest BCUT2D eigenvalue weighted by molar-refractivity contribution is 7.89. The number of likely N-dealkylation sites (N-methyl/N-ethyl adjacent to an activating group) is 1. The summed E-state index contributed by atoms with van der Waals surface area (Å²) in [5.41, 5.74) is 0. The lowest BCUT2D eigenvalue weighted by Crippen LogP contribution is -2.32. The molecule has 1 N–H and O–H groups in total. The van der Waals surface area contributed by atoms with Gasteiger partial charge in [-0.05, 0) is 19.2 Å². The Balaban J connectivity index is 0.000000321. The minimum atomic E-state index is -5.08. The first-order chi connectivity index (χ1) is 12.5. The predicted octanol–water partition coefficient (Wildman–Crippen LogP) is 1.27. The van der Waals surface area contributed by atoms with E-state index < -0.39 is 22.2 Å². The Labute approximate surface area is 155 Å². The van der Waals surface area contributed by atoms with Gasteiger partial charge in [-0.2, -0.15) is 17.5 Å². The third kappa shape index (κ3) is 5.64. The Morgan fingerprint density at radius 3 is 2.33 bits per heavy atom. The average molecular weight is 410 g/mol. The van der Waals surface area contributed by atoms with Gasteiger partial charge in [-0.15, -0.1) is 0 Å². The summed E-state index contributed by atoms with van der Waals surface area (Å²) in [7, 11) is -1.34. The van der Waals surface area contributed by atoms with E-state index in [9.17, 15) is 21.6 Å². The number of rotatable bonds is 2. The lowest BCUT2D eigenvalue weighted by molar-refractivity contribution is -0.192. The topological polar surface area (TPSA) is 87.2 Å². The zero-order valence-electron chi connectivity index (χ0n) is 14.6. The number of nitrogens with zero attached hydrogens (tertiary/aromatic N) is 2. The molecular weight excluding hydrogens is 389 g/mol. The van der Waals surface area contributed by atoms with Crippen LogP contribution in [0, 0.1) is 5.92 Å². The van der Waals surface area contributed by atoms with Crippen LogP contribution in [0.1, 0.15) is 0 Å². The molecule has 1 aromatic rings. The molecule has 0 aliphatic carbocycles. The standard InChI is InChI=1S/C14H20N2O3S.C2HF3O2/c1-15-7-8-19-14-11-16(10-12(14)9-15)20(17,18)13-5-3-2-4-6-13;3-2(4,5)1(6)7/h2-6,12,14H,7-11H2,1H3;(H,6,7)/t12-,14+;/m0./s1. The van der Waals surface area contributed by atoms with Crippen molar-refractivity contribution >= 4 is 16.0 Å². The van der Waals surface area contributed by atoms with Crippen LogP contribution in [0.15, 0.2) is 35.2 Å².